The Kier molecular flexibility index (Phi) is 3.94. The number of morpholine rings is 1. The Morgan fingerprint density at radius 3 is 3.20 bits per heavy atom. The lowest BCUT2D eigenvalue weighted by Crippen LogP contribution is -2.39. The number of anilines is 1. The molecule has 20 heavy (non-hydrogen) atoms. The Bertz CT molecular complexity index is 542. The molecule has 0 aliphatic carbocycles. The van der Waals surface area contributed by atoms with Gasteiger partial charge in [-0.2, -0.15) is 5.10 Å². The quantitative estimate of drug-likeness (QED) is 0.882. The van der Waals surface area contributed by atoms with Crippen LogP contribution < -0.4 is 5.32 Å². The third kappa shape index (κ3) is 2.66. The Hall–Kier alpha value is -1.92. The van der Waals surface area contributed by atoms with E-state index in [0.29, 0.717) is 6.61 Å². The highest BCUT2D eigenvalue weighted by Crippen LogP contribution is 2.25. The standard InChI is InChI=1S/C14H19N5O/c1-15-14-11(3-2-5-16-14)9-19-7-8-20-10-13(19)12-4-6-17-18-12/h2-6,13H,7-10H2,1H3,(H,15,16)(H,17,18). The predicted molar refractivity (Wildman–Crippen MR) is 76.3 cm³/mol. The van der Waals surface area contributed by atoms with Crippen molar-refractivity contribution in [2.45, 2.75) is 12.6 Å². The van der Waals surface area contributed by atoms with E-state index in [4.69, 9.17) is 4.74 Å². The first-order valence-electron chi connectivity index (χ1n) is 6.81. The van der Waals surface area contributed by atoms with Crippen LogP contribution in [0.4, 0.5) is 5.82 Å². The number of ether oxygens (including phenoxy) is 1. The second-order valence-electron chi connectivity index (χ2n) is 4.83. The molecule has 2 aromatic heterocycles. The molecule has 1 aliphatic heterocycles. The Morgan fingerprint density at radius 1 is 1.45 bits per heavy atom. The van der Waals surface area contributed by atoms with E-state index < -0.39 is 0 Å². The summed E-state index contributed by atoms with van der Waals surface area (Å²) in [6, 6.07) is 6.31. The van der Waals surface area contributed by atoms with Crippen LogP contribution in [0.3, 0.4) is 0 Å². The van der Waals surface area contributed by atoms with Gasteiger partial charge in [0.05, 0.1) is 24.9 Å². The first-order valence-corrected chi connectivity index (χ1v) is 6.81. The number of rotatable bonds is 4. The minimum absolute atomic E-state index is 0.219. The van der Waals surface area contributed by atoms with Crippen LogP contribution in [0.25, 0.3) is 0 Å². The number of aromatic nitrogens is 3. The van der Waals surface area contributed by atoms with Gasteiger partial charge in [-0.15, -0.1) is 0 Å². The van der Waals surface area contributed by atoms with E-state index in [1.165, 1.54) is 5.56 Å². The van der Waals surface area contributed by atoms with Crippen LogP contribution in [0.2, 0.25) is 0 Å². The van der Waals surface area contributed by atoms with Gasteiger partial charge < -0.3 is 10.1 Å². The number of hydrogen-bond acceptors (Lipinski definition) is 5. The Morgan fingerprint density at radius 2 is 2.40 bits per heavy atom. The summed E-state index contributed by atoms with van der Waals surface area (Å²) in [5.74, 6) is 0.933. The number of nitrogens with zero attached hydrogens (tertiary/aromatic N) is 3. The van der Waals surface area contributed by atoms with Crippen LogP contribution in [-0.2, 0) is 11.3 Å². The van der Waals surface area contributed by atoms with Crippen molar-refractivity contribution in [2.24, 2.45) is 0 Å². The smallest absolute Gasteiger partial charge is 0.130 e. The van der Waals surface area contributed by atoms with E-state index in [0.717, 1.165) is 31.2 Å². The third-order valence-electron chi connectivity index (χ3n) is 3.62. The summed E-state index contributed by atoms with van der Waals surface area (Å²) in [5.41, 5.74) is 2.29. The summed E-state index contributed by atoms with van der Waals surface area (Å²) in [6.45, 7) is 3.20. The van der Waals surface area contributed by atoms with E-state index in [1.807, 2.05) is 19.2 Å². The molecule has 1 aliphatic rings. The normalized spacial score (nSPS) is 19.9. The van der Waals surface area contributed by atoms with Crippen LogP contribution in [-0.4, -0.2) is 46.9 Å². The minimum atomic E-state index is 0.219. The molecule has 1 unspecified atom stereocenters. The van der Waals surface area contributed by atoms with Crippen LogP contribution in [0.5, 0.6) is 0 Å². The van der Waals surface area contributed by atoms with Crippen molar-refractivity contribution in [1.29, 1.82) is 0 Å². The zero-order valence-corrected chi connectivity index (χ0v) is 11.5. The summed E-state index contributed by atoms with van der Waals surface area (Å²) >= 11 is 0. The zero-order valence-electron chi connectivity index (χ0n) is 11.5. The highest BCUT2D eigenvalue weighted by Gasteiger charge is 2.26. The van der Waals surface area contributed by atoms with Crippen LogP contribution >= 0.6 is 0 Å². The SMILES string of the molecule is CNc1ncccc1CN1CCOCC1c1ccn[nH]1. The molecule has 0 saturated carbocycles. The maximum absolute atomic E-state index is 5.61. The maximum Gasteiger partial charge on any atom is 0.130 e. The topological polar surface area (TPSA) is 66.1 Å². The number of aromatic amines is 1. The summed E-state index contributed by atoms with van der Waals surface area (Å²) < 4.78 is 5.61. The van der Waals surface area contributed by atoms with E-state index in [1.54, 1.807) is 12.4 Å². The molecule has 3 heterocycles. The average Bonchev–Trinajstić information content (AvgIpc) is 3.02. The molecule has 6 nitrogen and oxygen atoms in total. The lowest BCUT2D eigenvalue weighted by molar-refractivity contribution is -0.0142. The summed E-state index contributed by atoms with van der Waals surface area (Å²) in [6.07, 6.45) is 3.59. The largest absolute Gasteiger partial charge is 0.378 e. The van der Waals surface area contributed by atoms with Gasteiger partial charge in [-0.25, -0.2) is 4.98 Å². The fourth-order valence-corrected chi connectivity index (χ4v) is 2.58. The molecule has 0 bridgehead atoms. The monoisotopic (exact) mass is 273 g/mol. The minimum Gasteiger partial charge on any atom is -0.378 e. The molecule has 3 rings (SSSR count). The lowest BCUT2D eigenvalue weighted by atomic mass is 10.1. The Labute approximate surface area is 118 Å². The molecule has 106 valence electrons. The maximum atomic E-state index is 5.61. The summed E-state index contributed by atoms with van der Waals surface area (Å²) in [7, 11) is 1.90. The van der Waals surface area contributed by atoms with Crippen molar-refractivity contribution in [1.82, 2.24) is 20.1 Å². The molecule has 1 atom stereocenters. The van der Waals surface area contributed by atoms with Crippen molar-refractivity contribution >= 4 is 5.82 Å². The number of nitrogens with one attached hydrogen (secondary N) is 2. The molecule has 0 aromatic carbocycles. The van der Waals surface area contributed by atoms with E-state index in [-0.39, 0.29) is 6.04 Å². The van der Waals surface area contributed by atoms with Crippen molar-refractivity contribution < 1.29 is 4.74 Å². The van der Waals surface area contributed by atoms with Gasteiger partial charge >= 0.3 is 0 Å². The van der Waals surface area contributed by atoms with Crippen molar-refractivity contribution in [2.75, 3.05) is 32.1 Å². The second kappa shape index (κ2) is 6.02. The van der Waals surface area contributed by atoms with Gasteiger partial charge in [0.2, 0.25) is 0 Å². The van der Waals surface area contributed by atoms with Crippen molar-refractivity contribution in [3.05, 3.63) is 41.9 Å². The molecule has 6 heteroatoms. The molecule has 2 N–H and O–H groups in total. The average molecular weight is 273 g/mol. The first kappa shape index (κ1) is 13.1. The highest BCUT2D eigenvalue weighted by molar-refractivity contribution is 5.42. The summed E-state index contributed by atoms with van der Waals surface area (Å²) in [5, 5.41) is 10.2. The van der Waals surface area contributed by atoms with E-state index in [2.05, 4.69) is 31.5 Å². The first-order chi connectivity index (χ1) is 9.88. The van der Waals surface area contributed by atoms with Gasteiger partial charge in [-0.3, -0.25) is 10.00 Å². The van der Waals surface area contributed by atoms with E-state index >= 15 is 0 Å². The molecule has 1 saturated heterocycles. The fourth-order valence-electron chi connectivity index (χ4n) is 2.58. The number of hydrogen-bond donors (Lipinski definition) is 2. The van der Waals surface area contributed by atoms with Gasteiger partial charge in [-0.1, -0.05) is 6.07 Å². The second-order valence-corrected chi connectivity index (χ2v) is 4.83. The molecule has 0 spiro atoms. The molecule has 0 radical (unpaired) electrons. The van der Waals surface area contributed by atoms with Crippen LogP contribution in [0.15, 0.2) is 30.6 Å². The Balaban J connectivity index is 1.80. The molecule has 2 aromatic rings. The number of H-pyrrole nitrogens is 1. The molecule has 0 amide bonds. The number of pyridine rings is 1. The van der Waals surface area contributed by atoms with Gasteiger partial charge in [0.1, 0.15) is 5.82 Å². The third-order valence-corrected chi connectivity index (χ3v) is 3.62. The van der Waals surface area contributed by atoms with Crippen LogP contribution in [0, 0.1) is 0 Å². The van der Waals surface area contributed by atoms with Gasteiger partial charge in [0, 0.05) is 38.1 Å². The lowest BCUT2D eigenvalue weighted by Gasteiger charge is -2.35. The van der Waals surface area contributed by atoms with Crippen LogP contribution in [0.1, 0.15) is 17.3 Å². The van der Waals surface area contributed by atoms with Gasteiger partial charge in [-0.05, 0) is 12.1 Å². The summed E-state index contributed by atoms with van der Waals surface area (Å²) in [4.78, 5) is 6.76. The van der Waals surface area contributed by atoms with Gasteiger partial charge in [0.15, 0.2) is 0 Å². The zero-order chi connectivity index (χ0) is 13.8. The molecular weight excluding hydrogens is 254 g/mol. The predicted octanol–water partition coefficient (Wildman–Crippen LogP) is 1.42. The van der Waals surface area contributed by atoms with Crippen molar-refractivity contribution in [3.8, 4) is 0 Å². The van der Waals surface area contributed by atoms with Gasteiger partial charge in [0.25, 0.3) is 0 Å². The fraction of sp³-hybridized carbons (Fsp3) is 0.429. The highest BCUT2D eigenvalue weighted by atomic mass is 16.5. The van der Waals surface area contributed by atoms with E-state index in [9.17, 15) is 0 Å². The molecule has 1 fully saturated rings. The molecular formula is C14H19N5O. The van der Waals surface area contributed by atoms with Crippen molar-refractivity contribution in [3.63, 3.8) is 0 Å².